The highest BCUT2D eigenvalue weighted by molar-refractivity contribution is 7.80. The van der Waals surface area contributed by atoms with Gasteiger partial charge in [0, 0.05) is 4.90 Å². The van der Waals surface area contributed by atoms with E-state index in [0.29, 0.717) is 16.3 Å². The van der Waals surface area contributed by atoms with Crippen molar-refractivity contribution < 1.29 is 9.32 Å². The van der Waals surface area contributed by atoms with Crippen molar-refractivity contribution in [3.8, 4) is 0 Å². The molecule has 0 bridgehead atoms. The molecule has 0 aliphatic carbocycles. The van der Waals surface area contributed by atoms with Gasteiger partial charge in [-0.05, 0) is 12.1 Å². The molecule has 5 nitrogen and oxygen atoms in total. The van der Waals surface area contributed by atoms with Crippen LogP contribution in [-0.2, 0) is 6.54 Å². The fourth-order valence-corrected chi connectivity index (χ4v) is 1.45. The SMILES string of the molecule is O=C(NCc1ncon1)c1ccccc1S. The van der Waals surface area contributed by atoms with Gasteiger partial charge in [0.05, 0.1) is 12.1 Å². The maximum Gasteiger partial charge on any atom is 0.252 e. The summed E-state index contributed by atoms with van der Waals surface area (Å²) in [7, 11) is 0. The molecule has 2 rings (SSSR count). The highest BCUT2D eigenvalue weighted by Crippen LogP contribution is 2.12. The summed E-state index contributed by atoms with van der Waals surface area (Å²) in [6.07, 6.45) is 1.22. The molecule has 1 aromatic heterocycles. The summed E-state index contributed by atoms with van der Waals surface area (Å²) < 4.78 is 4.55. The van der Waals surface area contributed by atoms with Crippen molar-refractivity contribution in [2.24, 2.45) is 0 Å². The number of thiol groups is 1. The lowest BCUT2D eigenvalue weighted by molar-refractivity contribution is 0.0947. The predicted molar refractivity (Wildman–Crippen MR) is 59.2 cm³/mol. The summed E-state index contributed by atoms with van der Waals surface area (Å²) in [5.41, 5.74) is 0.523. The molecule has 0 saturated carbocycles. The molecular formula is C10H9N3O2S. The average Bonchev–Trinajstić information content (AvgIpc) is 2.79. The topological polar surface area (TPSA) is 68.0 Å². The van der Waals surface area contributed by atoms with E-state index in [1.807, 2.05) is 6.07 Å². The van der Waals surface area contributed by atoms with Crippen LogP contribution in [0.5, 0.6) is 0 Å². The van der Waals surface area contributed by atoms with E-state index in [2.05, 4.69) is 32.6 Å². The first-order valence-electron chi connectivity index (χ1n) is 4.59. The fraction of sp³-hybridized carbons (Fsp3) is 0.100. The molecule has 1 aromatic carbocycles. The second-order valence-electron chi connectivity index (χ2n) is 3.05. The third-order valence-electron chi connectivity index (χ3n) is 1.96. The Labute approximate surface area is 97.3 Å². The van der Waals surface area contributed by atoms with Crippen molar-refractivity contribution in [3.05, 3.63) is 42.0 Å². The number of hydrogen-bond acceptors (Lipinski definition) is 5. The van der Waals surface area contributed by atoms with Crippen molar-refractivity contribution in [3.63, 3.8) is 0 Å². The molecule has 0 atom stereocenters. The maximum absolute atomic E-state index is 11.7. The first kappa shape index (κ1) is 10.7. The lowest BCUT2D eigenvalue weighted by Gasteiger charge is -2.04. The molecule has 82 valence electrons. The van der Waals surface area contributed by atoms with Gasteiger partial charge in [0.15, 0.2) is 5.82 Å². The number of nitrogens with zero attached hydrogens (tertiary/aromatic N) is 2. The van der Waals surface area contributed by atoms with Crippen LogP contribution in [0.15, 0.2) is 40.1 Å². The van der Waals surface area contributed by atoms with Gasteiger partial charge in [-0.15, -0.1) is 12.6 Å². The highest BCUT2D eigenvalue weighted by Gasteiger charge is 2.09. The van der Waals surface area contributed by atoms with Crippen LogP contribution in [0.1, 0.15) is 16.2 Å². The van der Waals surface area contributed by atoms with Gasteiger partial charge in [0.1, 0.15) is 0 Å². The zero-order valence-electron chi connectivity index (χ0n) is 8.25. The number of nitrogens with one attached hydrogen (secondary N) is 1. The molecule has 0 unspecified atom stereocenters. The zero-order chi connectivity index (χ0) is 11.4. The minimum atomic E-state index is -0.213. The third-order valence-corrected chi connectivity index (χ3v) is 2.35. The zero-order valence-corrected chi connectivity index (χ0v) is 9.15. The van der Waals surface area contributed by atoms with E-state index in [4.69, 9.17) is 0 Å². The molecule has 0 radical (unpaired) electrons. The summed E-state index contributed by atoms with van der Waals surface area (Å²) >= 11 is 4.19. The van der Waals surface area contributed by atoms with Crippen molar-refractivity contribution in [1.82, 2.24) is 15.5 Å². The van der Waals surface area contributed by atoms with Crippen LogP contribution in [0.2, 0.25) is 0 Å². The second kappa shape index (κ2) is 4.80. The quantitative estimate of drug-likeness (QED) is 0.786. The molecule has 0 aliphatic rings. The molecule has 2 aromatic rings. The Morgan fingerprint density at radius 2 is 2.25 bits per heavy atom. The number of amides is 1. The van der Waals surface area contributed by atoms with Crippen molar-refractivity contribution in [2.45, 2.75) is 11.4 Å². The largest absolute Gasteiger partial charge is 0.345 e. The Morgan fingerprint density at radius 1 is 1.44 bits per heavy atom. The Morgan fingerprint density at radius 3 is 2.94 bits per heavy atom. The van der Waals surface area contributed by atoms with Crippen LogP contribution in [0, 0.1) is 0 Å². The molecular weight excluding hydrogens is 226 g/mol. The van der Waals surface area contributed by atoms with Crippen LogP contribution in [-0.4, -0.2) is 16.0 Å². The average molecular weight is 235 g/mol. The number of carbonyl (C=O) groups excluding carboxylic acids is 1. The normalized spacial score (nSPS) is 10.1. The van der Waals surface area contributed by atoms with Crippen molar-refractivity contribution in [2.75, 3.05) is 0 Å². The number of carbonyl (C=O) groups is 1. The van der Waals surface area contributed by atoms with E-state index in [9.17, 15) is 4.79 Å². The Bertz CT molecular complexity index is 485. The Kier molecular flexibility index (Phi) is 3.21. The number of benzene rings is 1. The number of rotatable bonds is 3. The molecule has 6 heteroatoms. The first-order valence-corrected chi connectivity index (χ1v) is 5.03. The van der Waals surface area contributed by atoms with Gasteiger partial charge in [-0.25, -0.2) is 0 Å². The maximum atomic E-state index is 11.7. The summed E-state index contributed by atoms with van der Waals surface area (Å²) in [6, 6.07) is 7.06. The van der Waals surface area contributed by atoms with Crippen LogP contribution >= 0.6 is 12.6 Å². The predicted octanol–water partition coefficient (Wildman–Crippen LogP) is 1.29. The molecule has 0 aliphatic heterocycles. The summed E-state index contributed by atoms with van der Waals surface area (Å²) in [6.45, 7) is 0.234. The molecule has 0 fully saturated rings. The van der Waals surface area contributed by atoms with Crippen molar-refractivity contribution >= 4 is 18.5 Å². The van der Waals surface area contributed by atoms with Crippen LogP contribution < -0.4 is 5.32 Å². The lowest BCUT2D eigenvalue weighted by atomic mass is 10.2. The molecule has 0 saturated heterocycles. The van der Waals surface area contributed by atoms with Crippen LogP contribution in [0.4, 0.5) is 0 Å². The van der Waals surface area contributed by atoms with Gasteiger partial charge < -0.3 is 9.84 Å². The van der Waals surface area contributed by atoms with Gasteiger partial charge in [-0.3, -0.25) is 4.79 Å². The van der Waals surface area contributed by atoms with E-state index in [-0.39, 0.29) is 12.5 Å². The molecule has 1 amide bonds. The van der Waals surface area contributed by atoms with Gasteiger partial charge in [-0.2, -0.15) is 4.98 Å². The minimum Gasteiger partial charge on any atom is -0.345 e. The molecule has 1 heterocycles. The monoisotopic (exact) mass is 235 g/mol. The van der Waals surface area contributed by atoms with E-state index in [1.54, 1.807) is 18.2 Å². The second-order valence-corrected chi connectivity index (χ2v) is 3.53. The third kappa shape index (κ3) is 2.40. The van der Waals surface area contributed by atoms with Crippen molar-refractivity contribution in [1.29, 1.82) is 0 Å². The summed E-state index contributed by atoms with van der Waals surface area (Å²) in [5.74, 6) is 0.223. The standard InChI is InChI=1S/C10H9N3O2S/c14-10(7-3-1-2-4-8(7)16)11-5-9-12-6-15-13-9/h1-4,6,16H,5H2,(H,11,14). The first-order chi connectivity index (χ1) is 7.77. The minimum absolute atomic E-state index is 0.213. The summed E-state index contributed by atoms with van der Waals surface area (Å²) in [4.78, 5) is 16.1. The van der Waals surface area contributed by atoms with Gasteiger partial charge >= 0.3 is 0 Å². The lowest BCUT2D eigenvalue weighted by Crippen LogP contribution is -2.23. The molecule has 16 heavy (non-hydrogen) atoms. The Balaban J connectivity index is 2.01. The van der Waals surface area contributed by atoms with Gasteiger partial charge in [0.25, 0.3) is 5.91 Å². The van der Waals surface area contributed by atoms with E-state index >= 15 is 0 Å². The van der Waals surface area contributed by atoms with Crippen LogP contribution in [0.25, 0.3) is 0 Å². The van der Waals surface area contributed by atoms with E-state index in [1.165, 1.54) is 6.39 Å². The van der Waals surface area contributed by atoms with Crippen LogP contribution in [0.3, 0.4) is 0 Å². The smallest absolute Gasteiger partial charge is 0.252 e. The summed E-state index contributed by atoms with van der Waals surface area (Å²) in [5, 5.41) is 6.25. The number of hydrogen-bond donors (Lipinski definition) is 2. The van der Waals surface area contributed by atoms with Gasteiger partial charge in [0.2, 0.25) is 6.39 Å². The number of aromatic nitrogens is 2. The molecule has 0 spiro atoms. The van der Waals surface area contributed by atoms with Gasteiger partial charge in [-0.1, -0.05) is 17.3 Å². The Hall–Kier alpha value is -1.82. The molecule has 1 N–H and O–H groups in total. The highest BCUT2D eigenvalue weighted by atomic mass is 32.1. The van der Waals surface area contributed by atoms with E-state index in [0.717, 1.165) is 0 Å². The van der Waals surface area contributed by atoms with E-state index < -0.39 is 0 Å². The fourth-order valence-electron chi connectivity index (χ4n) is 1.19.